The zero-order valence-electron chi connectivity index (χ0n) is 14.1. The second kappa shape index (κ2) is 7.79. The maximum absolute atomic E-state index is 12.2. The number of ether oxygens (including phenoxy) is 1. The summed E-state index contributed by atoms with van der Waals surface area (Å²) in [7, 11) is 0. The van der Waals surface area contributed by atoms with Crippen LogP contribution in [-0.4, -0.2) is 12.4 Å². The molecule has 0 aliphatic rings. The van der Waals surface area contributed by atoms with Crippen LogP contribution in [0, 0.1) is 22.7 Å². The fraction of sp³-hybridized carbons (Fsp3) is 0.474. The molecule has 0 unspecified atom stereocenters. The fourth-order valence-corrected chi connectivity index (χ4v) is 1.79. The Labute approximate surface area is 133 Å². The fourth-order valence-electron chi connectivity index (χ4n) is 1.79. The molecule has 1 aromatic rings. The molecule has 0 aliphatic heterocycles. The zero-order chi connectivity index (χ0) is 16.8. The first kappa shape index (κ1) is 18.0. The Morgan fingerprint density at radius 2 is 1.86 bits per heavy atom. The molecule has 0 saturated heterocycles. The van der Waals surface area contributed by atoms with E-state index >= 15 is 0 Å². The maximum Gasteiger partial charge on any atom is 0.178 e. The monoisotopic (exact) mass is 299 g/mol. The van der Waals surface area contributed by atoms with Crippen LogP contribution in [0.15, 0.2) is 29.8 Å². The van der Waals surface area contributed by atoms with E-state index in [9.17, 15) is 10.1 Å². The van der Waals surface area contributed by atoms with Gasteiger partial charge in [0.25, 0.3) is 0 Å². The molecule has 0 aliphatic carbocycles. The van der Waals surface area contributed by atoms with Gasteiger partial charge < -0.3 is 4.74 Å². The Hall–Kier alpha value is -2.08. The van der Waals surface area contributed by atoms with E-state index in [1.165, 1.54) is 0 Å². The average molecular weight is 299 g/mol. The SMILES string of the molecule is CC(C)CCOc1ccc(/C=C(/C#N)C(=O)C(C)(C)C)cc1. The van der Waals surface area contributed by atoms with Gasteiger partial charge in [0.1, 0.15) is 11.8 Å². The topological polar surface area (TPSA) is 50.1 Å². The van der Waals surface area contributed by atoms with Gasteiger partial charge in [0.15, 0.2) is 5.78 Å². The number of nitriles is 1. The number of benzene rings is 1. The first-order valence-corrected chi connectivity index (χ1v) is 7.63. The van der Waals surface area contributed by atoms with Gasteiger partial charge in [0, 0.05) is 5.41 Å². The highest BCUT2D eigenvalue weighted by Crippen LogP contribution is 2.22. The molecule has 0 fully saturated rings. The van der Waals surface area contributed by atoms with Crippen molar-refractivity contribution >= 4 is 11.9 Å². The second-order valence-electron chi connectivity index (χ2n) is 6.85. The predicted octanol–water partition coefficient (Wildman–Crippen LogP) is 4.63. The van der Waals surface area contributed by atoms with Crippen molar-refractivity contribution in [2.75, 3.05) is 6.61 Å². The van der Waals surface area contributed by atoms with Crippen LogP contribution >= 0.6 is 0 Å². The third-order valence-corrected chi connectivity index (χ3v) is 3.20. The molecule has 0 spiro atoms. The van der Waals surface area contributed by atoms with E-state index in [2.05, 4.69) is 13.8 Å². The number of carbonyl (C=O) groups is 1. The molecule has 0 N–H and O–H groups in total. The number of rotatable bonds is 6. The average Bonchev–Trinajstić information content (AvgIpc) is 2.44. The van der Waals surface area contributed by atoms with Crippen LogP contribution in [0.4, 0.5) is 0 Å². The number of hydrogen-bond acceptors (Lipinski definition) is 3. The lowest BCUT2D eigenvalue weighted by Crippen LogP contribution is -2.21. The van der Waals surface area contributed by atoms with Crippen LogP contribution in [0.3, 0.4) is 0 Å². The van der Waals surface area contributed by atoms with Crippen LogP contribution in [0.5, 0.6) is 5.75 Å². The van der Waals surface area contributed by atoms with E-state index in [1.807, 2.05) is 51.1 Å². The molecule has 0 atom stereocenters. The van der Waals surface area contributed by atoms with Crippen molar-refractivity contribution in [3.05, 3.63) is 35.4 Å². The van der Waals surface area contributed by atoms with Crippen molar-refractivity contribution < 1.29 is 9.53 Å². The summed E-state index contributed by atoms with van der Waals surface area (Å²) < 4.78 is 5.65. The highest BCUT2D eigenvalue weighted by atomic mass is 16.5. The molecule has 0 heterocycles. The summed E-state index contributed by atoms with van der Waals surface area (Å²) in [6.45, 7) is 10.4. The summed E-state index contributed by atoms with van der Waals surface area (Å²) in [5.41, 5.74) is 0.452. The molecule has 0 aromatic heterocycles. The molecule has 3 heteroatoms. The third kappa shape index (κ3) is 5.73. The number of nitrogens with zero attached hydrogens (tertiary/aromatic N) is 1. The zero-order valence-corrected chi connectivity index (χ0v) is 14.1. The Balaban J connectivity index is 2.79. The highest BCUT2D eigenvalue weighted by Gasteiger charge is 2.24. The normalized spacial score (nSPS) is 12.1. The maximum atomic E-state index is 12.2. The van der Waals surface area contributed by atoms with Gasteiger partial charge in [-0.3, -0.25) is 4.79 Å². The van der Waals surface area contributed by atoms with E-state index in [0.29, 0.717) is 12.5 Å². The van der Waals surface area contributed by atoms with Gasteiger partial charge in [0.2, 0.25) is 0 Å². The summed E-state index contributed by atoms with van der Waals surface area (Å²) in [5, 5.41) is 9.18. The minimum atomic E-state index is -0.554. The van der Waals surface area contributed by atoms with E-state index < -0.39 is 5.41 Å². The first-order valence-electron chi connectivity index (χ1n) is 7.63. The van der Waals surface area contributed by atoms with Crippen molar-refractivity contribution in [2.24, 2.45) is 11.3 Å². The molecular formula is C19H25NO2. The highest BCUT2D eigenvalue weighted by molar-refractivity contribution is 6.06. The lowest BCUT2D eigenvalue weighted by atomic mass is 9.86. The van der Waals surface area contributed by atoms with Crippen molar-refractivity contribution in [3.63, 3.8) is 0 Å². The van der Waals surface area contributed by atoms with E-state index in [0.717, 1.165) is 17.7 Å². The standard InChI is InChI=1S/C19H25NO2/c1-14(2)10-11-22-17-8-6-15(7-9-17)12-16(13-20)18(21)19(3,4)5/h6-9,12,14H,10-11H2,1-5H3/b16-12-. The molecule has 3 nitrogen and oxygen atoms in total. The second-order valence-corrected chi connectivity index (χ2v) is 6.85. The van der Waals surface area contributed by atoms with Crippen molar-refractivity contribution in [2.45, 2.75) is 41.0 Å². The number of allylic oxidation sites excluding steroid dienone is 1. The quantitative estimate of drug-likeness (QED) is 0.568. The predicted molar refractivity (Wildman–Crippen MR) is 89.4 cm³/mol. The third-order valence-electron chi connectivity index (χ3n) is 3.20. The number of ketones is 1. The van der Waals surface area contributed by atoms with Crippen LogP contribution in [-0.2, 0) is 4.79 Å². The Bertz CT molecular complexity index is 569. The molecule has 0 amide bonds. The largest absolute Gasteiger partial charge is 0.494 e. The minimum Gasteiger partial charge on any atom is -0.494 e. The first-order chi connectivity index (χ1) is 10.2. The number of carbonyl (C=O) groups excluding carboxylic acids is 1. The molecule has 0 radical (unpaired) electrons. The summed E-state index contributed by atoms with van der Waals surface area (Å²) in [5.74, 6) is 1.27. The van der Waals surface area contributed by atoms with Crippen LogP contribution < -0.4 is 4.74 Å². The smallest absolute Gasteiger partial charge is 0.178 e. The van der Waals surface area contributed by atoms with Crippen LogP contribution in [0.2, 0.25) is 0 Å². The molecule has 0 saturated carbocycles. The van der Waals surface area contributed by atoms with Crippen molar-refractivity contribution in [3.8, 4) is 11.8 Å². The summed E-state index contributed by atoms with van der Waals surface area (Å²) in [6, 6.07) is 9.44. The summed E-state index contributed by atoms with van der Waals surface area (Å²) >= 11 is 0. The molecular weight excluding hydrogens is 274 g/mol. The van der Waals surface area contributed by atoms with Gasteiger partial charge in [0.05, 0.1) is 12.2 Å². The van der Waals surface area contributed by atoms with Gasteiger partial charge in [-0.05, 0) is 36.1 Å². The van der Waals surface area contributed by atoms with Gasteiger partial charge in [-0.25, -0.2) is 0 Å². The van der Waals surface area contributed by atoms with Crippen molar-refractivity contribution in [1.29, 1.82) is 5.26 Å². The Morgan fingerprint density at radius 1 is 1.27 bits per heavy atom. The van der Waals surface area contributed by atoms with Crippen molar-refractivity contribution in [1.82, 2.24) is 0 Å². The Morgan fingerprint density at radius 3 is 2.32 bits per heavy atom. The van der Waals surface area contributed by atoms with Crippen LogP contribution in [0.1, 0.15) is 46.6 Å². The van der Waals surface area contributed by atoms with Gasteiger partial charge in [-0.1, -0.05) is 46.8 Å². The lowest BCUT2D eigenvalue weighted by Gasteiger charge is -2.15. The minimum absolute atomic E-state index is 0.146. The van der Waals surface area contributed by atoms with Gasteiger partial charge in [-0.2, -0.15) is 5.26 Å². The van der Waals surface area contributed by atoms with E-state index in [-0.39, 0.29) is 11.4 Å². The molecule has 118 valence electrons. The molecule has 1 aromatic carbocycles. The van der Waals surface area contributed by atoms with E-state index in [1.54, 1.807) is 6.08 Å². The summed E-state index contributed by atoms with van der Waals surface area (Å²) in [6.07, 6.45) is 2.64. The van der Waals surface area contributed by atoms with Gasteiger partial charge >= 0.3 is 0 Å². The molecule has 0 bridgehead atoms. The van der Waals surface area contributed by atoms with Crippen LogP contribution in [0.25, 0.3) is 6.08 Å². The number of Topliss-reactive ketones (excluding diaryl/α,β-unsaturated/α-hetero) is 1. The summed E-state index contributed by atoms with van der Waals surface area (Å²) in [4.78, 5) is 12.2. The number of hydrogen-bond donors (Lipinski definition) is 0. The molecule has 1 rings (SSSR count). The molecule has 22 heavy (non-hydrogen) atoms. The Kier molecular flexibility index (Phi) is 6.37. The van der Waals surface area contributed by atoms with Gasteiger partial charge in [-0.15, -0.1) is 0 Å². The van der Waals surface area contributed by atoms with E-state index in [4.69, 9.17) is 4.74 Å². The lowest BCUT2D eigenvalue weighted by molar-refractivity contribution is -0.121.